The van der Waals surface area contributed by atoms with Crippen LogP contribution in [0.25, 0.3) is 0 Å². The summed E-state index contributed by atoms with van der Waals surface area (Å²) < 4.78 is 5.58. The maximum absolute atomic E-state index is 6.02. The molecule has 0 aliphatic rings. The summed E-state index contributed by atoms with van der Waals surface area (Å²) in [6.45, 7) is 1.59. The molecule has 0 aliphatic heterocycles. The van der Waals surface area contributed by atoms with Crippen LogP contribution in [0.3, 0.4) is 0 Å². The minimum absolute atomic E-state index is 0.186. The summed E-state index contributed by atoms with van der Waals surface area (Å²) in [7, 11) is 1.71. The number of rotatable bonds is 9. The summed E-state index contributed by atoms with van der Waals surface area (Å²) >= 11 is 12.0. The van der Waals surface area contributed by atoms with Gasteiger partial charge in [0.25, 0.3) is 0 Å². The molecule has 0 fully saturated rings. The summed E-state index contributed by atoms with van der Waals surface area (Å²) in [5.74, 6) is 2.07. The Kier molecular flexibility index (Phi) is 7.73. The number of halogens is 2. The first-order valence-corrected chi connectivity index (χ1v) is 8.90. The molecule has 23 heavy (non-hydrogen) atoms. The zero-order chi connectivity index (χ0) is 16.5. The zero-order valence-corrected chi connectivity index (χ0v) is 14.9. The Morgan fingerprint density at radius 2 is 1.52 bits per heavy atom. The predicted molar refractivity (Wildman–Crippen MR) is 98.9 cm³/mol. The van der Waals surface area contributed by atoms with Crippen LogP contribution in [0.5, 0.6) is 5.75 Å². The lowest BCUT2D eigenvalue weighted by Gasteiger charge is -2.32. The van der Waals surface area contributed by atoms with Crippen LogP contribution in [-0.2, 0) is 6.42 Å². The van der Waals surface area contributed by atoms with Gasteiger partial charge in [0.1, 0.15) is 5.75 Å². The molecule has 2 rings (SSSR count). The van der Waals surface area contributed by atoms with Crippen LogP contribution in [0, 0.1) is 0 Å². The number of benzene rings is 2. The van der Waals surface area contributed by atoms with Gasteiger partial charge in [0.15, 0.2) is 0 Å². The lowest BCUT2D eigenvalue weighted by atomic mass is 9.96. The topological polar surface area (TPSA) is 12.5 Å². The van der Waals surface area contributed by atoms with E-state index in [-0.39, 0.29) is 6.04 Å². The molecule has 0 N–H and O–H groups in total. The highest BCUT2D eigenvalue weighted by atomic mass is 35.5. The van der Waals surface area contributed by atoms with E-state index in [0.717, 1.165) is 25.3 Å². The molecule has 2 aromatic carbocycles. The zero-order valence-electron chi connectivity index (χ0n) is 13.4. The highest BCUT2D eigenvalue weighted by Crippen LogP contribution is 2.32. The van der Waals surface area contributed by atoms with Crippen LogP contribution in [0.1, 0.15) is 17.2 Å². The Hall–Kier alpha value is -1.22. The normalized spacial score (nSPS) is 12.3. The van der Waals surface area contributed by atoms with Gasteiger partial charge < -0.3 is 4.74 Å². The fourth-order valence-corrected chi connectivity index (χ4v) is 3.29. The van der Waals surface area contributed by atoms with Gasteiger partial charge in [-0.25, -0.2) is 0 Å². The van der Waals surface area contributed by atoms with E-state index in [1.807, 2.05) is 18.2 Å². The Morgan fingerprint density at radius 3 is 2.13 bits per heavy atom. The van der Waals surface area contributed by atoms with Crippen molar-refractivity contribution in [2.75, 3.05) is 32.0 Å². The average Bonchev–Trinajstić information content (AvgIpc) is 2.60. The van der Waals surface area contributed by atoms with E-state index in [1.165, 1.54) is 11.1 Å². The fourth-order valence-electron chi connectivity index (χ4n) is 2.86. The van der Waals surface area contributed by atoms with Crippen LogP contribution in [-0.4, -0.2) is 36.9 Å². The van der Waals surface area contributed by atoms with Crippen LogP contribution < -0.4 is 4.74 Å². The molecule has 0 aromatic heterocycles. The van der Waals surface area contributed by atoms with Crippen molar-refractivity contribution in [2.45, 2.75) is 12.5 Å². The van der Waals surface area contributed by atoms with Gasteiger partial charge in [-0.2, -0.15) is 0 Å². The fraction of sp³-hybridized carbons (Fsp3) is 0.368. The number of hydrogen-bond donors (Lipinski definition) is 0. The molecule has 0 radical (unpaired) electrons. The third kappa shape index (κ3) is 5.13. The highest BCUT2D eigenvalue weighted by molar-refractivity contribution is 6.18. The SMILES string of the molecule is COc1ccccc1C(Cc1ccccc1)N(CCCl)CCCl. The standard InChI is InChI=1S/C19H23Cl2NO/c1-23-19-10-6-5-9-17(19)18(22(13-11-20)14-12-21)15-16-7-3-2-4-8-16/h2-10,18H,11-15H2,1H3. The predicted octanol–water partition coefficient (Wildman–Crippen LogP) is 4.76. The number of methoxy groups -OCH3 is 1. The van der Waals surface area contributed by atoms with Crippen molar-refractivity contribution in [3.63, 3.8) is 0 Å². The van der Waals surface area contributed by atoms with E-state index in [1.54, 1.807) is 7.11 Å². The minimum atomic E-state index is 0.186. The average molecular weight is 352 g/mol. The maximum atomic E-state index is 6.02. The molecule has 1 atom stereocenters. The van der Waals surface area contributed by atoms with Gasteiger partial charge >= 0.3 is 0 Å². The van der Waals surface area contributed by atoms with E-state index in [2.05, 4.69) is 41.3 Å². The van der Waals surface area contributed by atoms with E-state index in [0.29, 0.717) is 11.8 Å². The maximum Gasteiger partial charge on any atom is 0.123 e. The number of para-hydroxylation sites is 1. The van der Waals surface area contributed by atoms with Crippen LogP contribution >= 0.6 is 23.2 Å². The van der Waals surface area contributed by atoms with E-state index < -0.39 is 0 Å². The van der Waals surface area contributed by atoms with Crippen molar-refractivity contribution in [3.8, 4) is 5.75 Å². The Balaban J connectivity index is 2.36. The van der Waals surface area contributed by atoms with Gasteiger partial charge in [-0.15, -0.1) is 23.2 Å². The molecule has 2 aromatic rings. The Labute approximate surface area is 149 Å². The van der Waals surface area contributed by atoms with Gasteiger partial charge in [0.2, 0.25) is 0 Å². The summed E-state index contributed by atoms with van der Waals surface area (Å²) in [5.41, 5.74) is 2.46. The summed E-state index contributed by atoms with van der Waals surface area (Å²) in [6, 6.07) is 18.9. The number of hydrogen-bond acceptors (Lipinski definition) is 2. The highest BCUT2D eigenvalue weighted by Gasteiger charge is 2.23. The lowest BCUT2D eigenvalue weighted by molar-refractivity contribution is 0.215. The summed E-state index contributed by atoms with van der Waals surface area (Å²) in [6.07, 6.45) is 0.898. The van der Waals surface area contributed by atoms with Crippen molar-refractivity contribution < 1.29 is 4.74 Å². The van der Waals surface area contributed by atoms with E-state index in [4.69, 9.17) is 27.9 Å². The molecule has 0 amide bonds. The van der Waals surface area contributed by atoms with Gasteiger partial charge in [0, 0.05) is 36.5 Å². The lowest BCUT2D eigenvalue weighted by Crippen LogP contribution is -2.34. The van der Waals surface area contributed by atoms with Gasteiger partial charge in [-0.1, -0.05) is 48.5 Å². The first-order valence-electron chi connectivity index (χ1n) is 7.83. The third-order valence-corrected chi connectivity index (χ3v) is 4.29. The molecule has 0 saturated heterocycles. The monoisotopic (exact) mass is 351 g/mol. The largest absolute Gasteiger partial charge is 0.496 e. The smallest absolute Gasteiger partial charge is 0.123 e. The quantitative estimate of drug-likeness (QED) is 0.604. The number of nitrogens with zero attached hydrogens (tertiary/aromatic N) is 1. The van der Waals surface area contributed by atoms with Crippen LogP contribution in [0.4, 0.5) is 0 Å². The minimum Gasteiger partial charge on any atom is -0.496 e. The van der Waals surface area contributed by atoms with Crippen molar-refractivity contribution in [1.29, 1.82) is 0 Å². The molecule has 0 heterocycles. The molecule has 1 unspecified atom stereocenters. The molecule has 0 spiro atoms. The molecule has 0 aliphatic carbocycles. The second-order valence-electron chi connectivity index (χ2n) is 5.36. The summed E-state index contributed by atoms with van der Waals surface area (Å²) in [5, 5.41) is 0. The van der Waals surface area contributed by atoms with Crippen LogP contribution in [0.15, 0.2) is 54.6 Å². The molecule has 4 heteroatoms. The van der Waals surface area contributed by atoms with Gasteiger partial charge in [-0.05, 0) is 18.1 Å². The number of alkyl halides is 2. The third-order valence-electron chi connectivity index (χ3n) is 3.95. The molecular formula is C19H23Cl2NO. The second-order valence-corrected chi connectivity index (χ2v) is 6.12. The number of ether oxygens (including phenoxy) is 1. The first kappa shape index (κ1) is 18.1. The van der Waals surface area contributed by atoms with E-state index >= 15 is 0 Å². The molecule has 0 bridgehead atoms. The molecule has 2 nitrogen and oxygen atoms in total. The first-order chi connectivity index (χ1) is 11.3. The van der Waals surface area contributed by atoms with Crippen molar-refractivity contribution in [1.82, 2.24) is 4.90 Å². The second kappa shape index (κ2) is 9.82. The summed E-state index contributed by atoms with van der Waals surface area (Å²) in [4.78, 5) is 2.34. The Morgan fingerprint density at radius 1 is 0.913 bits per heavy atom. The van der Waals surface area contributed by atoms with E-state index in [9.17, 15) is 0 Å². The van der Waals surface area contributed by atoms with Crippen molar-refractivity contribution in [3.05, 3.63) is 65.7 Å². The van der Waals surface area contributed by atoms with Gasteiger partial charge in [-0.3, -0.25) is 4.90 Å². The Bertz CT molecular complexity index is 571. The molecular weight excluding hydrogens is 329 g/mol. The molecule has 0 saturated carbocycles. The van der Waals surface area contributed by atoms with Crippen molar-refractivity contribution in [2.24, 2.45) is 0 Å². The molecule has 124 valence electrons. The van der Waals surface area contributed by atoms with Gasteiger partial charge in [0.05, 0.1) is 7.11 Å². The van der Waals surface area contributed by atoms with Crippen LogP contribution in [0.2, 0.25) is 0 Å². The van der Waals surface area contributed by atoms with Crippen molar-refractivity contribution >= 4 is 23.2 Å².